The third kappa shape index (κ3) is 13.8. The molecule has 90 valence electrons. The minimum absolute atomic E-state index is 0.894. The second kappa shape index (κ2) is 13.8. The highest BCUT2D eigenvalue weighted by Gasteiger charge is 1.91. The Hall–Kier alpha value is -0.243. The fourth-order valence-electron chi connectivity index (χ4n) is 1.66. The van der Waals surface area contributed by atoms with Gasteiger partial charge in [0.1, 0.15) is 0 Å². The summed E-state index contributed by atoms with van der Waals surface area (Å²) in [4.78, 5) is 0. The molecule has 0 atom stereocenters. The molecule has 1 nitrogen and oxygen atoms in total. The Morgan fingerprint density at radius 1 is 0.867 bits per heavy atom. The van der Waals surface area contributed by atoms with Crippen molar-refractivity contribution in [3.8, 4) is 0 Å². The summed E-state index contributed by atoms with van der Waals surface area (Å²) in [5.74, 6) is 0. The van der Waals surface area contributed by atoms with E-state index in [-0.39, 0.29) is 0 Å². The van der Waals surface area contributed by atoms with Gasteiger partial charge in [0.05, 0.1) is 12.9 Å². The van der Waals surface area contributed by atoms with Crippen LogP contribution in [0.2, 0.25) is 6.04 Å². The third-order valence-corrected chi connectivity index (χ3v) is 3.31. The van der Waals surface area contributed by atoms with E-state index in [9.17, 15) is 0 Å². The van der Waals surface area contributed by atoms with Crippen molar-refractivity contribution in [2.75, 3.05) is 6.61 Å². The number of allylic oxidation sites excluding steroid dienone is 1. The van der Waals surface area contributed by atoms with Gasteiger partial charge in [0, 0.05) is 10.2 Å². The van der Waals surface area contributed by atoms with Crippen LogP contribution in [0.3, 0.4) is 0 Å². The van der Waals surface area contributed by atoms with Crippen LogP contribution in [0, 0.1) is 0 Å². The Balaban J connectivity index is 2.86. The van der Waals surface area contributed by atoms with Gasteiger partial charge >= 0.3 is 0 Å². The van der Waals surface area contributed by atoms with E-state index in [0.29, 0.717) is 0 Å². The average Bonchev–Trinajstić information content (AvgIpc) is 2.26. The normalized spacial score (nSPS) is 11.3. The van der Waals surface area contributed by atoms with E-state index in [1.165, 1.54) is 67.7 Å². The molecule has 0 aromatic heterocycles. The zero-order chi connectivity index (χ0) is 11.2. The van der Waals surface area contributed by atoms with Gasteiger partial charge in [0.15, 0.2) is 0 Å². The highest BCUT2D eigenvalue weighted by atomic mass is 28.1. The van der Waals surface area contributed by atoms with Crippen LogP contribution in [0.4, 0.5) is 0 Å². The molecule has 0 unspecified atom stereocenters. The zero-order valence-corrected chi connectivity index (χ0v) is 12.6. The molecule has 0 N–H and O–H groups in total. The van der Waals surface area contributed by atoms with Crippen LogP contribution in [-0.2, 0) is 4.74 Å². The van der Waals surface area contributed by atoms with Gasteiger partial charge in [0.25, 0.3) is 0 Å². The van der Waals surface area contributed by atoms with Crippen LogP contribution in [0.1, 0.15) is 58.3 Å². The molecule has 0 heterocycles. The molecule has 0 aliphatic carbocycles. The lowest BCUT2D eigenvalue weighted by Crippen LogP contribution is -1.88. The largest absolute Gasteiger partial charge is 0.502 e. The van der Waals surface area contributed by atoms with Gasteiger partial charge in [-0.3, -0.25) is 0 Å². The monoisotopic (exact) mass is 228 g/mol. The van der Waals surface area contributed by atoms with E-state index < -0.39 is 0 Å². The van der Waals surface area contributed by atoms with Crippen LogP contribution in [0.15, 0.2) is 12.3 Å². The molecular weight excluding hydrogens is 200 g/mol. The lowest BCUT2D eigenvalue weighted by atomic mass is 10.1. The smallest absolute Gasteiger partial charge is 0.0873 e. The van der Waals surface area contributed by atoms with Crippen molar-refractivity contribution in [3.05, 3.63) is 12.3 Å². The SMILES string of the molecule is CC=COCCCCCCCCCC[SiH3]. The summed E-state index contributed by atoms with van der Waals surface area (Å²) in [6, 6.07) is 1.49. The molecule has 0 aromatic rings. The molecule has 0 aliphatic heterocycles. The van der Waals surface area contributed by atoms with Crippen LogP contribution >= 0.6 is 0 Å². The first-order valence-electron chi connectivity index (χ1n) is 6.64. The first-order valence-corrected chi connectivity index (χ1v) is 8.06. The molecule has 0 bridgehead atoms. The number of ether oxygens (including phenoxy) is 1. The Bertz CT molecular complexity index is 134. The van der Waals surface area contributed by atoms with E-state index >= 15 is 0 Å². The van der Waals surface area contributed by atoms with E-state index in [0.717, 1.165) is 6.61 Å². The van der Waals surface area contributed by atoms with E-state index in [1.54, 1.807) is 6.26 Å². The Morgan fingerprint density at radius 2 is 1.40 bits per heavy atom. The molecule has 0 aliphatic rings. The lowest BCUT2D eigenvalue weighted by molar-refractivity contribution is 0.240. The summed E-state index contributed by atoms with van der Waals surface area (Å²) in [6.45, 7) is 2.88. The van der Waals surface area contributed by atoms with E-state index in [1.807, 2.05) is 13.0 Å². The molecule has 0 radical (unpaired) electrons. The summed E-state index contributed by atoms with van der Waals surface area (Å²) in [7, 11) is 1.39. The molecule has 2 heteroatoms. The number of rotatable bonds is 11. The summed E-state index contributed by atoms with van der Waals surface area (Å²) in [5, 5.41) is 0. The van der Waals surface area contributed by atoms with Gasteiger partial charge in [-0.15, -0.1) is 0 Å². The van der Waals surface area contributed by atoms with Crippen LogP contribution in [0.5, 0.6) is 0 Å². The fourth-order valence-corrected chi connectivity index (χ4v) is 2.16. The first kappa shape index (κ1) is 14.8. The van der Waals surface area contributed by atoms with Gasteiger partial charge in [-0.05, 0) is 13.3 Å². The van der Waals surface area contributed by atoms with Gasteiger partial charge in [-0.1, -0.05) is 57.1 Å². The Kier molecular flexibility index (Phi) is 13.5. The summed E-state index contributed by atoms with van der Waals surface area (Å²) < 4.78 is 5.27. The molecule has 0 rings (SSSR count). The molecule has 0 saturated heterocycles. The topological polar surface area (TPSA) is 9.23 Å². The van der Waals surface area contributed by atoms with Gasteiger partial charge < -0.3 is 4.74 Å². The van der Waals surface area contributed by atoms with Crippen LogP contribution in [0.25, 0.3) is 0 Å². The minimum atomic E-state index is 0.894. The summed E-state index contributed by atoms with van der Waals surface area (Å²) in [5.41, 5.74) is 0. The molecule has 0 fully saturated rings. The molecule has 0 amide bonds. The molecular formula is C13H28OSi. The van der Waals surface area contributed by atoms with Crippen molar-refractivity contribution < 1.29 is 4.74 Å². The fraction of sp³-hybridized carbons (Fsp3) is 0.846. The highest BCUT2D eigenvalue weighted by Crippen LogP contribution is 2.09. The van der Waals surface area contributed by atoms with Gasteiger partial charge in [0.2, 0.25) is 0 Å². The lowest BCUT2D eigenvalue weighted by Gasteiger charge is -2.02. The molecule has 0 aromatic carbocycles. The van der Waals surface area contributed by atoms with Crippen LogP contribution < -0.4 is 0 Å². The first-order chi connectivity index (χ1) is 7.41. The second-order valence-electron chi connectivity index (χ2n) is 4.17. The standard InChI is InChI=1S/C13H28OSi/c1-2-11-14-12-9-7-5-3-4-6-8-10-13-15/h2,11H,3-10,12-13H2,1,15H3. The predicted octanol–water partition coefficient (Wildman–Crippen LogP) is 3.44. The quantitative estimate of drug-likeness (QED) is 0.299. The molecule has 15 heavy (non-hydrogen) atoms. The maximum absolute atomic E-state index is 5.27. The second-order valence-corrected chi connectivity index (χ2v) is 5.17. The van der Waals surface area contributed by atoms with Crippen LogP contribution in [-0.4, -0.2) is 16.8 Å². The third-order valence-electron chi connectivity index (χ3n) is 2.60. The van der Waals surface area contributed by atoms with E-state index in [4.69, 9.17) is 4.74 Å². The zero-order valence-electron chi connectivity index (χ0n) is 10.6. The summed E-state index contributed by atoms with van der Waals surface area (Å²) in [6.07, 6.45) is 14.9. The number of hydrogen-bond acceptors (Lipinski definition) is 1. The van der Waals surface area contributed by atoms with Crippen molar-refractivity contribution >= 4 is 10.2 Å². The maximum atomic E-state index is 5.27. The van der Waals surface area contributed by atoms with Crippen molar-refractivity contribution in [3.63, 3.8) is 0 Å². The maximum Gasteiger partial charge on any atom is 0.0873 e. The Morgan fingerprint density at radius 3 is 1.93 bits per heavy atom. The number of hydrogen-bond donors (Lipinski definition) is 0. The molecule has 0 spiro atoms. The molecule has 0 saturated carbocycles. The van der Waals surface area contributed by atoms with E-state index in [2.05, 4.69) is 0 Å². The average molecular weight is 228 g/mol. The minimum Gasteiger partial charge on any atom is -0.502 e. The van der Waals surface area contributed by atoms with Crippen molar-refractivity contribution in [1.82, 2.24) is 0 Å². The highest BCUT2D eigenvalue weighted by molar-refractivity contribution is 6.08. The van der Waals surface area contributed by atoms with Gasteiger partial charge in [-0.25, -0.2) is 0 Å². The van der Waals surface area contributed by atoms with Crippen molar-refractivity contribution in [2.24, 2.45) is 0 Å². The number of unbranched alkanes of at least 4 members (excludes halogenated alkanes) is 7. The predicted molar refractivity (Wildman–Crippen MR) is 72.4 cm³/mol. The van der Waals surface area contributed by atoms with Crippen molar-refractivity contribution in [1.29, 1.82) is 0 Å². The van der Waals surface area contributed by atoms with Crippen molar-refractivity contribution in [2.45, 2.75) is 64.3 Å². The summed E-state index contributed by atoms with van der Waals surface area (Å²) >= 11 is 0. The van der Waals surface area contributed by atoms with Gasteiger partial charge in [-0.2, -0.15) is 0 Å². The Labute approximate surface area is 98.7 Å².